The van der Waals surface area contributed by atoms with Gasteiger partial charge in [-0.2, -0.15) is 9.50 Å². The van der Waals surface area contributed by atoms with E-state index in [-0.39, 0.29) is 11.6 Å². The molecule has 0 spiro atoms. The zero-order valence-corrected chi connectivity index (χ0v) is 18.6. The molecule has 0 bridgehead atoms. The number of anilines is 1. The lowest BCUT2D eigenvalue weighted by molar-refractivity contribution is 0.0944. The highest BCUT2D eigenvalue weighted by Gasteiger charge is 2.22. The summed E-state index contributed by atoms with van der Waals surface area (Å²) in [5, 5.41) is 8.42. The molecular weight excluding hydrogens is 400 g/mol. The molecule has 164 valence electrons. The largest absolute Gasteiger partial charge is 0.351 e. The Labute approximate surface area is 181 Å². The van der Waals surface area contributed by atoms with Crippen LogP contribution in [0.2, 0.25) is 0 Å². The van der Waals surface area contributed by atoms with Gasteiger partial charge in [-0.05, 0) is 57.7 Å². The number of carbonyl (C=O) groups excluding carboxylic acids is 1. The first-order chi connectivity index (χ1) is 14.6. The number of nitrogens with one attached hydrogen (secondary N) is 1. The Balaban J connectivity index is 1.39. The van der Waals surface area contributed by atoms with Crippen LogP contribution >= 0.6 is 11.3 Å². The zero-order chi connectivity index (χ0) is 20.9. The van der Waals surface area contributed by atoms with Crippen LogP contribution in [0, 0.1) is 5.92 Å². The number of hydrogen-bond donors (Lipinski definition) is 1. The summed E-state index contributed by atoms with van der Waals surface area (Å²) in [5.74, 6) is 0.467. The zero-order valence-electron chi connectivity index (χ0n) is 17.8. The van der Waals surface area contributed by atoms with Gasteiger partial charge in [-0.15, -0.1) is 5.10 Å². The second-order valence-corrected chi connectivity index (χ2v) is 9.53. The fourth-order valence-electron chi connectivity index (χ4n) is 4.25. The van der Waals surface area contributed by atoms with Crippen molar-refractivity contribution in [3.63, 3.8) is 0 Å². The van der Waals surface area contributed by atoms with Gasteiger partial charge in [0.25, 0.3) is 11.5 Å². The Hall–Kier alpha value is -2.00. The normalized spacial score (nSPS) is 19.2. The first-order valence-corrected chi connectivity index (χ1v) is 12.1. The summed E-state index contributed by atoms with van der Waals surface area (Å²) in [6, 6.07) is 1.29. The van der Waals surface area contributed by atoms with Gasteiger partial charge >= 0.3 is 0 Å². The summed E-state index contributed by atoms with van der Waals surface area (Å²) >= 11 is 1.38. The van der Waals surface area contributed by atoms with Crippen molar-refractivity contribution in [1.82, 2.24) is 24.8 Å². The van der Waals surface area contributed by atoms with E-state index in [1.165, 1.54) is 47.6 Å². The van der Waals surface area contributed by atoms with E-state index in [0.717, 1.165) is 63.0 Å². The second kappa shape index (κ2) is 9.87. The summed E-state index contributed by atoms with van der Waals surface area (Å²) in [6.45, 7) is 8.07. The van der Waals surface area contributed by atoms with E-state index in [2.05, 4.69) is 32.1 Å². The van der Waals surface area contributed by atoms with Gasteiger partial charge in [-0.25, -0.2) is 0 Å². The number of aromatic nitrogens is 3. The van der Waals surface area contributed by atoms with Gasteiger partial charge in [0.15, 0.2) is 0 Å². The molecule has 2 fully saturated rings. The first-order valence-electron chi connectivity index (χ1n) is 11.3. The van der Waals surface area contributed by atoms with E-state index < -0.39 is 5.56 Å². The number of piperidine rings is 1. The summed E-state index contributed by atoms with van der Waals surface area (Å²) in [7, 11) is 0. The smallest absolute Gasteiger partial charge is 0.274 e. The monoisotopic (exact) mass is 432 g/mol. The lowest BCUT2D eigenvalue weighted by Gasteiger charge is -2.29. The Bertz CT molecular complexity index is 910. The van der Waals surface area contributed by atoms with Crippen LogP contribution in [-0.4, -0.2) is 64.7 Å². The minimum absolute atomic E-state index is 0.260. The van der Waals surface area contributed by atoms with E-state index in [9.17, 15) is 9.59 Å². The number of likely N-dealkylation sites (tertiary alicyclic amines) is 1. The highest BCUT2D eigenvalue weighted by molar-refractivity contribution is 7.20. The summed E-state index contributed by atoms with van der Waals surface area (Å²) in [6.07, 6.45) is 8.36. The molecule has 0 radical (unpaired) electrons. The summed E-state index contributed by atoms with van der Waals surface area (Å²) in [4.78, 5) is 34.1. The van der Waals surface area contributed by atoms with Crippen LogP contribution < -0.4 is 15.8 Å². The van der Waals surface area contributed by atoms with Gasteiger partial charge in [0.1, 0.15) is 5.69 Å². The van der Waals surface area contributed by atoms with E-state index in [1.54, 1.807) is 0 Å². The average Bonchev–Trinajstić information content (AvgIpc) is 2.98. The lowest BCUT2D eigenvalue weighted by atomic mass is 10.00. The van der Waals surface area contributed by atoms with E-state index in [1.807, 2.05) is 0 Å². The van der Waals surface area contributed by atoms with Gasteiger partial charge in [0.2, 0.25) is 10.1 Å². The Morgan fingerprint density at radius 2 is 1.90 bits per heavy atom. The van der Waals surface area contributed by atoms with Gasteiger partial charge in [0.05, 0.1) is 0 Å². The van der Waals surface area contributed by atoms with Crippen molar-refractivity contribution < 1.29 is 4.79 Å². The van der Waals surface area contributed by atoms with Crippen molar-refractivity contribution in [1.29, 1.82) is 0 Å². The standard InChI is InChI=1S/C21H32N6O2S/c1-16-7-13-26(14-8-16)21-24-27-17(15-18(28)23-20(27)30-21)19(29)22-9-6-12-25-10-4-2-3-5-11-25/h15-16H,2-14H2,1H3,(H,22,29). The molecule has 0 aliphatic carbocycles. The van der Waals surface area contributed by atoms with Gasteiger partial charge in [-0.3, -0.25) is 9.59 Å². The average molecular weight is 433 g/mol. The molecule has 4 rings (SSSR count). The van der Waals surface area contributed by atoms with Gasteiger partial charge < -0.3 is 15.1 Å². The highest BCUT2D eigenvalue weighted by Crippen LogP contribution is 2.27. The van der Waals surface area contributed by atoms with Crippen molar-refractivity contribution in [3.8, 4) is 0 Å². The van der Waals surface area contributed by atoms with Crippen molar-refractivity contribution in [2.24, 2.45) is 5.92 Å². The van der Waals surface area contributed by atoms with Crippen molar-refractivity contribution in [3.05, 3.63) is 22.1 Å². The van der Waals surface area contributed by atoms with Crippen LogP contribution in [0.4, 0.5) is 5.13 Å². The molecule has 0 aromatic carbocycles. The van der Waals surface area contributed by atoms with Crippen molar-refractivity contribution in [2.75, 3.05) is 44.2 Å². The SMILES string of the molecule is CC1CCN(c2nn3c(C(=O)NCCCN4CCCCCC4)cc(=O)nc3s2)CC1. The molecule has 0 saturated carbocycles. The molecule has 1 amide bonds. The minimum atomic E-state index is -0.396. The quantitative estimate of drug-likeness (QED) is 0.706. The minimum Gasteiger partial charge on any atom is -0.351 e. The van der Waals surface area contributed by atoms with Crippen LogP contribution in [0.1, 0.15) is 62.4 Å². The summed E-state index contributed by atoms with van der Waals surface area (Å²) in [5.41, 5.74) is -0.125. The number of nitrogens with zero attached hydrogens (tertiary/aromatic N) is 5. The predicted molar refractivity (Wildman–Crippen MR) is 120 cm³/mol. The number of hydrogen-bond acceptors (Lipinski definition) is 7. The third-order valence-electron chi connectivity index (χ3n) is 6.17. The van der Waals surface area contributed by atoms with E-state index in [0.29, 0.717) is 11.5 Å². The van der Waals surface area contributed by atoms with Gasteiger partial charge in [0, 0.05) is 25.7 Å². The lowest BCUT2D eigenvalue weighted by Crippen LogP contribution is -2.33. The molecule has 2 saturated heterocycles. The van der Waals surface area contributed by atoms with Gasteiger partial charge in [-0.1, -0.05) is 31.1 Å². The number of carbonyl (C=O) groups is 1. The Morgan fingerprint density at radius 3 is 2.63 bits per heavy atom. The fourth-order valence-corrected chi connectivity index (χ4v) is 5.21. The third kappa shape index (κ3) is 5.18. The highest BCUT2D eigenvalue weighted by atomic mass is 32.1. The van der Waals surface area contributed by atoms with Crippen molar-refractivity contribution in [2.45, 2.75) is 51.9 Å². The molecule has 30 heavy (non-hydrogen) atoms. The van der Waals surface area contributed by atoms with Crippen LogP contribution in [0.3, 0.4) is 0 Å². The van der Waals surface area contributed by atoms with Crippen molar-refractivity contribution >= 4 is 27.3 Å². The topological polar surface area (TPSA) is 82.8 Å². The fraction of sp³-hybridized carbons (Fsp3) is 0.714. The van der Waals surface area contributed by atoms with Crippen LogP contribution in [0.5, 0.6) is 0 Å². The molecule has 9 heteroatoms. The predicted octanol–water partition coefficient (Wildman–Crippen LogP) is 2.38. The molecule has 4 heterocycles. The molecule has 2 aliphatic heterocycles. The molecule has 0 unspecified atom stereocenters. The first kappa shape index (κ1) is 21.2. The third-order valence-corrected chi connectivity index (χ3v) is 7.13. The maximum absolute atomic E-state index is 12.8. The molecule has 2 aromatic rings. The maximum atomic E-state index is 12.8. The number of rotatable bonds is 6. The molecule has 1 N–H and O–H groups in total. The maximum Gasteiger partial charge on any atom is 0.274 e. The molecule has 0 atom stereocenters. The van der Waals surface area contributed by atoms with E-state index >= 15 is 0 Å². The number of fused-ring (bicyclic) bond motifs is 1. The molecule has 2 aromatic heterocycles. The molecule has 2 aliphatic rings. The van der Waals surface area contributed by atoms with Crippen LogP contribution in [0.15, 0.2) is 10.9 Å². The Morgan fingerprint density at radius 1 is 1.17 bits per heavy atom. The van der Waals surface area contributed by atoms with Crippen LogP contribution in [0.25, 0.3) is 4.96 Å². The Kier molecular flexibility index (Phi) is 6.99. The van der Waals surface area contributed by atoms with E-state index in [4.69, 9.17) is 0 Å². The molecular formula is C21H32N6O2S. The number of amides is 1. The van der Waals surface area contributed by atoms with Crippen LogP contribution in [-0.2, 0) is 0 Å². The molecule has 8 nitrogen and oxygen atoms in total. The summed E-state index contributed by atoms with van der Waals surface area (Å²) < 4.78 is 1.53. The second-order valence-electron chi connectivity index (χ2n) is 8.59.